The number of nitrogens with zero attached hydrogens (tertiary/aromatic N) is 2. The lowest BCUT2D eigenvalue weighted by Gasteiger charge is -2.53. The van der Waals surface area contributed by atoms with Crippen LogP contribution in [0, 0.1) is 0 Å². The van der Waals surface area contributed by atoms with Gasteiger partial charge in [0.25, 0.3) is 11.6 Å². The van der Waals surface area contributed by atoms with Gasteiger partial charge in [-0.25, -0.2) is 9.79 Å². The first-order valence-corrected chi connectivity index (χ1v) is 18.8. The number of fused-ring (bicyclic) bond motifs is 1. The van der Waals surface area contributed by atoms with Crippen molar-refractivity contribution in [2.75, 3.05) is 19.5 Å². The molecule has 3 fully saturated rings. The molecule has 2 atom stereocenters. The van der Waals surface area contributed by atoms with Crippen molar-refractivity contribution in [3.8, 4) is 5.75 Å². The summed E-state index contributed by atoms with van der Waals surface area (Å²) in [6.07, 6.45) is 16.1. The number of esters is 1. The van der Waals surface area contributed by atoms with E-state index in [1.165, 1.54) is 90.0 Å². The summed E-state index contributed by atoms with van der Waals surface area (Å²) in [4.78, 5) is 42.2. The van der Waals surface area contributed by atoms with E-state index in [9.17, 15) is 24.6 Å². The topological polar surface area (TPSA) is 138 Å². The molecule has 11 heteroatoms. The van der Waals surface area contributed by atoms with E-state index in [0.29, 0.717) is 11.1 Å². The van der Waals surface area contributed by atoms with Gasteiger partial charge in [0.05, 0.1) is 0 Å². The Morgan fingerprint density at radius 1 is 0.980 bits per heavy atom. The van der Waals surface area contributed by atoms with Gasteiger partial charge in [0, 0.05) is 54.8 Å². The van der Waals surface area contributed by atoms with Crippen LogP contribution in [0.1, 0.15) is 129 Å². The number of aliphatic imine (C=N–C) groups is 1. The lowest BCUT2D eigenvalue weighted by Crippen LogP contribution is -2.73. The van der Waals surface area contributed by atoms with Crippen LogP contribution in [0.4, 0.5) is 0 Å². The molecule has 2 aliphatic carbocycles. The maximum atomic E-state index is 13.3. The highest BCUT2D eigenvalue weighted by molar-refractivity contribution is 8.00. The Morgan fingerprint density at radius 3 is 1.92 bits per heavy atom. The molecule has 5 rings (SSSR count). The fourth-order valence-electron chi connectivity index (χ4n) is 7.15. The quantitative estimate of drug-likeness (QED) is 0.152. The fourth-order valence-corrected chi connectivity index (χ4v) is 8.56. The fraction of sp³-hybridized carbons (Fsp3) is 0.684. The predicted molar refractivity (Wildman–Crippen MR) is 194 cm³/mol. The number of amides is 1. The van der Waals surface area contributed by atoms with Gasteiger partial charge in [0.15, 0.2) is 0 Å². The predicted octanol–water partition coefficient (Wildman–Crippen LogP) is 6.81. The van der Waals surface area contributed by atoms with E-state index in [1.54, 1.807) is 6.21 Å². The van der Waals surface area contributed by atoms with Crippen LogP contribution in [-0.4, -0.2) is 81.8 Å². The Hall–Kier alpha value is -2.89. The average Bonchev–Trinajstić information content (AvgIpc) is 3.04. The number of β-lactam (4-membered cyclic amide) rings is 1. The van der Waals surface area contributed by atoms with Gasteiger partial charge < -0.3 is 25.0 Å². The number of hydrogen-bond donors (Lipinski definition) is 3. The molecule has 0 radical (unpaired) electrons. The molecule has 272 valence electrons. The third kappa shape index (κ3) is 9.08. The molecule has 1 saturated heterocycles. The molecule has 3 N–H and O–H groups in total. The lowest BCUT2D eigenvalue weighted by atomic mass is 9.78. The smallest absolute Gasteiger partial charge is 0.352 e. The normalized spacial score (nSPS) is 23.9. The Bertz CT molecular complexity index is 1380. The standard InChI is InChI=1S/C26H34N2O7S.C12H23N/c1-14(29)35-12-16-13-36-23-26(34-8,22(33)28(23)19(16)21(31)32)27-11-15-9-17(24(2,3)4)20(30)18(10-15)25(5,6)7;1-3-7-11(8-4-1)13-12-9-5-2-6-10-12/h9-11,23,30H,12-13H2,1-8H3,(H,31,32);11-13H,1-10H2/b27-11+;/t23-,26+;/m1./s1. The maximum Gasteiger partial charge on any atom is 0.352 e. The van der Waals surface area contributed by atoms with Gasteiger partial charge in [-0.2, -0.15) is 0 Å². The number of aliphatic carboxylic acids is 1. The van der Waals surface area contributed by atoms with Crippen LogP contribution in [0.2, 0.25) is 0 Å². The Kier molecular flexibility index (Phi) is 12.7. The van der Waals surface area contributed by atoms with Crippen LogP contribution in [0.5, 0.6) is 5.75 Å². The van der Waals surface area contributed by atoms with Crippen molar-refractivity contribution in [3.63, 3.8) is 0 Å². The molecule has 0 spiro atoms. The first kappa shape index (κ1) is 38.9. The summed E-state index contributed by atoms with van der Waals surface area (Å²) in [6.45, 7) is 13.1. The third-order valence-corrected chi connectivity index (χ3v) is 11.2. The number of ether oxygens (including phenoxy) is 2. The highest BCUT2D eigenvalue weighted by Crippen LogP contribution is 2.49. The summed E-state index contributed by atoms with van der Waals surface area (Å²) in [5.74, 6) is -1.96. The molecule has 4 aliphatic rings. The molecule has 49 heavy (non-hydrogen) atoms. The van der Waals surface area contributed by atoms with Crippen LogP contribution in [-0.2, 0) is 34.7 Å². The number of carbonyl (C=O) groups excluding carboxylic acids is 2. The number of thioether (sulfide) groups is 1. The SMILES string of the molecule is C1CCC(NC2CCCCC2)CC1.CO[C@@]1(/N=C/c2cc(C(C)(C)C)c(O)c(C(C)(C)C)c2)C(=O)N2C(C(=O)O)=C(COC(C)=O)CS[C@@H]21. The maximum absolute atomic E-state index is 13.3. The third-order valence-electron chi connectivity index (χ3n) is 9.88. The summed E-state index contributed by atoms with van der Waals surface area (Å²) in [6, 6.07) is 5.42. The van der Waals surface area contributed by atoms with E-state index >= 15 is 0 Å². The molecule has 0 aromatic heterocycles. The number of hydrogen-bond acceptors (Lipinski definition) is 9. The number of phenols is 1. The van der Waals surface area contributed by atoms with Crippen LogP contribution in [0.3, 0.4) is 0 Å². The second kappa shape index (κ2) is 16.0. The van der Waals surface area contributed by atoms with E-state index < -0.39 is 28.9 Å². The highest BCUT2D eigenvalue weighted by Gasteiger charge is 2.66. The second-order valence-electron chi connectivity index (χ2n) is 15.8. The minimum Gasteiger partial charge on any atom is -0.507 e. The summed E-state index contributed by atoms with van der Waals surface area (Å²) < 4.78 is 10.6. The molecule has 1 aromatic rings. The van der Waals surface area contributed by atoms with Crippen molar-refractivity contribution in [2.45, 2.75) is 147 Å². The van der Waals surface area contributed by atoms with E-state index in [1.807, 2.05) is 53.7 Å². The number of rotatable bonds is 8. The molecule has 2 aliphatic heterocycles. The number of methoxy groups -OCH3 is 1. The van der Waals surface area contributed by atoms with E-state index in [2.05, 4.69) is 10.3 Å². The molecule has 2 heterocycles. The summed E-state index contributed by atoms with van der Waals surface area (Å²) in [5, 5.41) is 23.9. The number of carboxylic acids is 1. The van der Waals surface area contributed by atoms with Crippen molar-refractivity contribution in [3.05, 3.63) is 40.1 Å². The van der Waals surface area contributed by atoms with Crippen molar-refractivity contribution < 1.29 is 34.1 Å². The van der Waals surface area contributed by atoms with Crippen LogP contribution in [0.15, 0.2) is 28.4 Å². The minimum absolute atomic E-state index is 0.206. The minimum atomic E-state index is -1.60. The van der Waals surface area contributed by atoms with E-state index in [-0.39, 0.29) is 34.6 Å². The van der Waals surface area contributed by atoms with Gasteiger partial charge >= 0.3 is 11.9 Å². The molecule has 2 saturated carbocycles. The number of carboxylic acid groups (broad SMARTS) is 1. The number of carbonyl (C=O) groups is 3. The molecule has 0 unspecified atom stereocenters. The molecule has 10 nitrogen and oxygen atoms in total. The van der Waals surface area contributed by atoms with Gasteiger partial charge in [-0.15, -0.1) is 11.8 Å². The van der Waals surface area contributed by atoms with Crippen LogP contribution >= 0.6 is 11.8 Å². The largest absolute Gasteiger partial charge is 0.507 e. The van der Waals surface area contributed by atoms with Gasteiger partial charge in [-0.1, -0.05) is 80.1 Å². The molecule has 1 amide bonds. The zero-order valence-electron chi connectivity index (χ0n) is 30.7. The zero-order valence-corrected chi connectivity index (χ0v) is 31.5. The van der Waals surface area contributed by atoms with Gasteiger partial charge in [0.2, 0.25) is 0 Å². The Labute approximate surface area is 296 Å². The van der Waals surface area contributed by atoms with Crippen molar-refractivity contribution in [1.29, 1.82) is 0 Å². The summed E-state index contributed by atoms with van der Waals surface area (Å²) in [5.41, 5.74) is 0.0522. The highest BCUT2D eigenvalue weighted by atomic mass is 32.2. The molecule has 1 aromatic carbocycles. The Morgan fingerprint density at radius 2 is 1.49 bits per heavy atom. The van der Waals surface area contributed by atoms with Crippen LogP contribution in [0.25, 0.3) is 0 Å². The number of nitrogens with one attached hydrogen (secondary N) is 1. The van der Waals surface area contributed by atoms with Crippen LogP contribution < -0.4 is 5.32 Å². The second-order valence-corrected chi connectivity index (χ2v) is 16.9. The first-order chi connectivity index (χ1) is 23.0. The zero-order chi connectivity index (χ0) is 36.1. The summed E-state index contributed by atoms with van der Waals surface area (Å²) >= 11 is 1.30. The molecule has 0 bridgehead atoms. The van der Waals surface area contributed by atoms with Crippen molar-refractivity contribution in [2.24, 2.45) is 4.99 Å². The monoisotopic (exact) mass is 699 g/mol. The summed E-state index contributed by atoms with van der Waals surface area (Å²) in [7, 11) is 1.36. The number of aromatic hydroxyl groups is 1. The average molecular weight is 700 g/mol. The van der Waals surface area contributed by atoms with Gasteiger partial charge in [-0.3, -0.25) is 14.5 Å². The first-order valence-electron chi connectivity index (χ1n) is 17.8. The Balaban J connectivity index is 0.000000344. The van der Waals surface area contributed by atoms with Gasteiger partial charge in [-0.05, 0) is 54.2 Å². The van der Waals surface area contributed by atoms with Crippen molar-refractivity contribution >= 4 is 35.8 Å². The van der Waals surface area contributed by atoms with Gasteiger partial charge in [0.1, 0.15) is 23.4 Å². The van der Waals surface area contributed by atoms with E-state index in [4.69, 9.17) is 9.47 Å². The van der Waals surface area contributed by atoms with Crippen molar-refractivity contribution in [1.82, 2.24) is 10.2 Å². The number of phenolic OH excluding ortho intramolecular Hbond substituents is 1. The number of benzene rings is 1. The lowest BCUT2D eigenvalue weighted by molar-refractivity contribution is -0.182. The molecular formula is C38H57N3O7S. The van der Waals surface area contributed by atoms with E-state index in [0.717, 1.165) is 28.1 Å². The molecular weight excluding hydrogens is 642 g/mol.